The molecule has 0 aromatic carbocycles. The van der Waals surface area contributed by atoms with E-state index in [4.69, 9.17) is 0 Å². The van der Waals surface area contributed by atoms with Gasteiger partial charge in [-0.1, -0.05) is 27.7 Å². The Balaban J connectivity index is 2.60. The van der Waals surface area contributed by atoms with Crippen LogP contribution in [0.1, 0.15) is 6.92 Å². The van der Waals surface area contributed by atoms with Gasteiger partial charge < -0.3 is 5.32 Å². The van der Waals surface area contributed by atoms with Gasteiger partial charge in [-0.25, -0.2) is 0 Å². The molecule has 0 amide bonds. The lowest BCUT2D eigenvalue weighted by Gasteiger charge is -1.97. The molecule has 1 atom stereocenters. The Morgan fingerprint density at radius 2 is 2.38 bits per heavy atom. The van der Waals surface area contributed by atoms with E-state index in [1.165, 1.54) is 4.91 Å². The van der Waals surface area contributed by atoms with Crippen molar-refractivity contribution in [3.05, 3.63) is 9.51 Å². The van der Waals surface area contributed by atoms with Gasteiger partial charge in [0.2, 0.25) is 0 Å². The minimum Gasteiger partial charge on any atom is -0.358 e. The third kappa shape index (κ3) is 1.42. The third-order valence-corrected chi connectivity index (χ3v) is 3.59. The van der Waals surface area contributed by atoms with E-state index in [-0.39, 0.29) is 0 Å². The van der Waals surface area contributed by atoms with Crippen LogP contribution in [0.4, 0.5) is 0 Å². The summed E-state index contributed by atoms with van der Waals surface area (Å²) >= 11 is 8.53. The highest BCUT2D eigenvalue weighted by Gasteiger charge is 2.15. The first kappa shape index (κ1) is 6.96. The summed E-state index contributed by atoms with van der Waals surface area (Å²) in [4.78, 5) is 1.30. The SMILES string of the molecule is CC1=C(Br)NC(Br)S1. The Kier molecular flexibility index (Phi) is 2.28. The van der Waals surface area contributed by atoms with Crippen molar-refractivity contribution in [2.75, 3.05) is 0 Å². The summed E-state index contributed by atoms with van der Waals surface area (Å²) in [7, 11) is 0. The first-order valence-electron chi connectivity index (χ1n) is 2.14. The Morgan fingerprint density at radius 1 is 1.75 bits per heavy atom. The lowest BCUT2D eigenvalue weighted by Crippen LogP contribution is -2.09. The van der Waals surface area contributed by atoms with Crippen LogP contribution in [0.15, 0.2) is 9.51 Å². The van der Waals surface area contributed by atoms with Crippen LogP contribution in [0.2, 0.25) is 0 Å². The van der Waals surface area contributed by atoms with E-state index in [9.17, 15) is 0 Å². The second-order valence-electron chi connectivity index (χ2n) is 1.45. The van der Waals surface area contributed by atoms with Gasteiger partial charge in [0.1, 0.15) is 4.28 Å². The molecule has 0 saturated carbocycles. The molecular weight excluding hydrogens is 254 g/mol. The fourth-order valence-corrected chi connectivity index (χ4v) is 3.13. The molecule has 1 aliphatic heterocycles. The van der Waals surface area contributed by atoms with Gasteiger partial charge in [0, 0.05) is 4.91 Å². The van der Waals surface area contributed by atoms with Crippen LogP contribution in [0.3, 0.4) is 0 Å². The van der Waals surface area contributed by atoms with E-state index in [1.807, 2.05) is 0 Å². The quantitative estimate of drug-likeness (QED) is 0.530. The van der Waals surface area contributed by atoms with Crippen molar-refractivity contribution in [3.8, 4) is 0 Å². The van der Waals surface area contributed by atoms with Crippen LogP contribution in [-0.2, 0) is 0 Å². The number of alkyl halides is 1. The van der Waals surface area contributed by atoms with Crippen molar-refractivity contribution in [2.45, 2.75) is 11.2 Å². The molecule has 8 heavy (non-hydrogen) atoms. The first-order valence-corrected chi connectivity index (χ1v) is 4.72. The molecule has 0 spiro atoms. The maximum atomic E-state index is 3.40. The molecule has 0 aromatic rings. The van der Waals surface area contributed by atoms with E-state index in [1.54, 1.807) is 11.8 Å². The topological polar surface area (TPSA) is 12.0 Å². The molecule has 0 radical (unpaired) electrons. The average molecular weight is 259 g/mol. The predicted octanol–water partition coefficient (Wildman–Crippen LogP) is 2.59. The van der Waals surface area contributed by atoms with E-state index in [2.05, 4.69) is 44.1 Å². The Labute approximate surface area is 69.5 Å². The fourth-order valence-electron chi connectivity index (χ4n) is 0.438. The zero-order valence-electron chi connectivity index (χ0n) is 4.24. The molecule has 1 rings (SSSR count). The molecule has 1 heterocycles. The predicted molar refractivity (Wildman–Crippen MR) is 45.1 cm³/mol. The maximum Gasteiger partial charge on any atom is 0.133 e. The van der Waals surface area contributed by atoms with Crippen molar-refractivity contribution >= 4 is 43.6 Å². The zero-order chi connectivity index (χ0) is 6.15. The molecule has 1 N–H and O–H groups in total. The van der Waals surface area contributed by atoms with Crippen LogP contribution in [0.25, 0.3) is 0 Å². The van der Waals surface area contributed by atoms with Gasteiger partial charge in [-0.15, -0.1) is 0 Å². The third-order valence-electron chi connectivity index (χ3n) is 0.830. The molecule has 1 nitrogen and oxygen atoms in total. The van der Waals surface area contributed by atoms with Gasteiger partial charge in [-0.3, -0.25) is 0 Å². The van der Waals surface area contributed by atoms with E-state index >= 15 is 0 Å². The van der Waals surface area contributed by atoms with Crippen LogP contribution < -0.4 is 5.32 Å². The number of allylic oxidation sites excluding steroid dienone is 1. The standard InChI is InChI=1S/C4H5Br2NS/c1-2-3(5)7-4(6)8-2/h4,7H,1H3. The van der Waals surface area contributed by atoms with Crippen molar-refractivity contribution < 1.29 is 0 Å². The van der Waals surface area contributed by atoms with Crippen LogP contribution in [-0.4, -0.2) is 4.28 Å². The van der Waals surface area contributed by atoms with Gasteiger partial charge >= 0.3 is 0 Å². The molecule has 4 heteroatoms. The highest BCUT2D eigenvalue weighted by atomic mass is 79.9. The maximum absolute atomic E-state index is 3.40. The Morgan fingerprint density at radius 3 is 2.50 bits per heavy atom. The van der Waals surface area contributed by atoms with Gasteiger partial charge in [0.15, 0.2) is 0 Å². The summed E-state index contributed by atoms with van der Waals surface area (Å²) in [6, 6.07) is 0. The summed E-state index contributed by atoms with van der Waals surface area (Å²) < 4.78 is 1.46. The van der Waals surface area contributed by atoms with Crippen LogP contribution in [0, 0.1) is 0 Å². The zero-order valence-corrected chi connectivity index (χ0v) is 8.23. The molecule has 1 unspecified atom stereocenters. The normalized spacial score (nSPS) is 28.6. The molecule has 1 aliphatic rings. The monoisotopic (exact) mass is 257 g/mol. The van der Waals surface area contributed by atoms with E-state index < -0.39 is 0 Å². The first-order chi connectivity index (χ1) is 3.70. The second kappa shape index (κ2) is 2.62. The van der Waals surface area contributed by atoms with Gasteiger partial charge in [-0.2, -0.15) is 0 Å². The number of nitrogens with one attached hydrogen (secondary N) is 1. The van der Waals surface area contributed by atoms with Crippen molar-refractivity contribution in [2.24, 2.45) is 0 Å². The molecule has 0 fully saturated rings. The highest BCUT2D eigenvalue weighted by Crippen LogP contribution is 2.34. The lowest BCUT2D eigenvalue weighted by atomic mass is 10.7. The van der Waals surface area contributed by atoms with Crippen LogP contribution >= 0.6 is 43.6 Å². The molecule has 46 valence electrons. The molecular formula is C4H5Br2NS. The van der Waals surface area contributed by atoms with E-state index in [0.29, 0.717) is 4.28 Å². The minimum absolute atomic E-state index is 0.358. The largest absolute Gasteiger partial charge is 0.358 e. The van der Waals surface area contributed by atoms with Crippen molar-refractivity contribution in [1.82, 2.24) is 5.32 Å². The summed E-state index contributed by atoms with van der Waals surface area (Å²) in [5, 5.41) is 3.14. The summed E-state index contributed by atoms with van der Waals surface area (Å²) in [5.41, 5.74) is 0. The van der Waals surface area contributed by atoms with E-state index in [0.717, 1.165) is 4.61 Å². The van der Waals surface area contributed by atoms with Gasteiger partial charge in [0.05, 0.1) is 4.61 Å². The number of halogens is 2. The van der Waals surface area contributed by atoms with Gasteiger partial charge in [0.25, 0.3) is 0 Å². The molecule has 0 aliphatic carbocycles. The number of hydrogen-bond acceptors (Lipinski definition) is 2. The minimum atomic E-state index is 0.358. The highest BCUT2D eigenvalue weighted by molar-refractivity contribution is 9.12. The molecule has 0 bridgehead atoms. The van der Waals surface area contributed by atoms with Crippen molar-refractivity contribution in [3.63, 3.8) is 0 Å². The Hall–Kier alpha value is 0.850. The second-order valence-corrected chi connectivity index (χ2v) is 5.08. The number of rotatable bonds is 0. The summed E-state index contributed by atoms with van der Waals surface area (Å²) in [5.74, 6) is 0. The molecule has 0 aromatic heterocycles. The van der Waals surface area contributed by atoms with Crippen LogP contribution in [0.5, 0.6) is 0 Å². The summed E-state index contributed by atoms with van der Waals surface area (Å²) in [6.45, 7) is 2.07. The fraction of sp³-hybridized carbons (Fsp3) is 0.500. The Bertz CT molecular complexity index is 120. The molecule has 0 saturated heterocycles. The number of thioether (sulfide) groups is 1. The number of hydrogen-bond donors (Lipinski definition) is 1. The van der Waals surface area contributed by atoms with Gasteiger partial charge in [-0.05, 0) is 22.9 Å². The summed E-state index contributed by atoms with van der Waals surface area (Å²) in [6.07, 6.45) is 0. The average Bonchev–Trinajstić information content (AvgIpc) is 1.85. The van der Waals surface area contributed by atoms with Crippen molar-refractivity contribution in [1.29, 1.82) is 0 Å². The smallest absolute Gasteiger partial charge is 0.133 e. The lowest BCUT2D eigenvalue weighted by molar-refractivity contribution is 1.02.